The van der Waals surface area contributed by atoms with Crippen molar-refractivity contribution in [1.29, 1.82) is 5.26 Å². The number of hydrogen-bond acceptors (Lipinski definition) is 8. The smallest absolute Gasteiger partial charge is 0.254 e. The first-order chi connectivity index (χ1) is 18.8. The monoisotopic (exact) mass is 545 g/mol. The zero-order valence-corrected chi connectivity index (χ0v) is 22.9. The van der Waals surface area contributed by atoms with Gasteiger partial charge in [-0.25, -0.2) is 8.42 Å². The number of sulfonamides is 1. The molecule has 39 heavy (non-hydrogen) atoms. The van der Waals surface area contributed by atoms with E-state index in [1.165, 1.54) is 4.31 Å². The minimum Gasteiger partial charge on any atom is -0.368 e. The quantitative estimate of drug-likeness (QED) is 0.480. The fourth-order valence-corrected chi connectivity index (χ4v) is 6.92. The Morgan fingerprint density at radius 2 is 1.56 bits per heavy atom. The van der Waals surface area contributed by atoms with Gasteiger partial charge in [0.2, 0.25) is 10.0 Å². The summed E-state index contributed by atoms with van der Waals surface area (Å²) in [6.07, 6.45) is 1.63. The summed E-state index contributed by atoms with van der Waals surface area (Å²) in [7, 11) is -3.81. The number of anilines is 2. The first-order valence-electron chi connectivity index (χ1n) is 13.0. The number of piperazine rings is 2. The number of nitriles is 1. The Balaban J connectivity index is 1.31. The molecule has 202 valence electrons. The summed E-state index contributed by atoms with van der Waals surface area (Å²) in [5.41, 5.74) is 3.17. The van der Waals surface area contributed by atoms with Crippen molar-refractivity contribution in [1.82, 2.24) is 19.4 Å². The number of aryl methyl sites for hydroxylation is 2. The molecular weight excluding hydrogens is 514 g/mol. The van der Waals surface area contributed by atoms with E-state index in [2.05, 4.69) is 21.2 Å². The largest absolute Gasteiger partial charge is 0.368 e. The molecule has 11 heteroatoms. The lowest BCUT2D eigenvalue weighted by molar-refractivity contribution is 0.0745. The number of benzene rings is 2. The van der Waals surface area contributed by atoms with Gasteiger partial charge in [0.05, 0.1) is 16.1 Å². The molecular formula is C28H31N7O3S. The van der Waals surface area contributed by atoms with Crippen molar-refractivity contribution in [3.8, 4) is 6.07 Å². The van der Waals surface area contributed by atoms with E-state index in [4.69, 9.17) is 0 Å². The van der Waals surface area contributed by atoms with Crippen molar-refractivity contribution in [3.05, 3.63) is 77.0 Å². The molecule has 0 N–H and O–H groups in total. The summed E-state index contributed by atoms with van der Waals surface area (Å²) in [6, 6.07) is 16.6. The van der Waals surface area contributed by atoms with Gasteiger partial charge in [-0.05, 0) is 55.3 Å². The van der Waals surface area contributed by atoms with Crippen LogP contribution in [0.5, 0.6) is 0 Å². The topological polar surface area (TPSA) is 114 Å². The second-order valence-corrected chi connectivity index (χ2v) is 11.7. The van der Waals surface area contributed by atoms with E-state index in [-0.39, 0.29) is 10.8 Å². The molecule has 0 unspecified atom stereocenters. The average molecular weight is 546 g/mol. The zero-order valence-electron chi connectivity index (χ0n) is 22.1. The van der Waals surface area contributed by atoms with E-state index in [1.807, 2.05) is 42.2 Å². The van der Waals surface area contributed by atoms with E-state index >= 15 is 0 Å². The van der Waals surface area contributed by atoms with Crippen molar-refractivity contribution in [2.24, 2.45) is 0 Å². The molecule has 1 aromatic heterocycles. The number of para-hydroxylation sites is 1. The Bertz CT molecular complexity index is 1510. The summed E-state index contributed by atoms with van der Waals surface area (Å²) in [6.45, 7) is 7.43. The van der Waals surface area contributed by atoms with Gasteiger partial charge in [0, 0.05) is 64.1 Å². The molecule has 2 aromatic carbocycles. The summed E-state index contributed by atoms with van der Waals surface area (Å²) in [5, 5.41) is 17.5. The first kappa shape index (κ1) is 26.6. The molecule has 2 aliphatic heterocycles. The normalized spacial score (nSPS) is 16.7. The molecule has 3 heterocycles. The summed E-state index contributed by atoms with van der Waals surface area (Å²) < 4.78 is 29.0. The van der Waals surface area contributed by atoms with Gasteiger partial charge >= 0.3 is 0 Å². The first-order valence-corrected chi connectivity index (χ1v) is 14.4. The Hall–Kier alpha value is -4.01. The van der Waals surface area contributed by atoms with Gasteiger partial charge in [-0.15, -0.1) is 5.10 Å². The second-order valence-electron chi connectivity index (χ2n) is 9.81. The highest BCUT2D eigenvalue weighted by molar-refractivity contribution is 7.89. The molecule has 2 fully saturated rings. The van der Waals surface area contributed by atoms with Crippen LogP contribution >= 0.6 is 0 Å². The van der Waals surface area contributed by atoms with Gasteiger partial charge in [0.1, 0.15) is 6.07 Å². The number of carbonyl (C=O) groups is 1. The van der Waals surface area contributed by atoms with Gasteiger partial charge in [0.15, 0.2) is 5.82 Å². The molecule has 1 amide bonds. The molecule has 0 bridgehead atoms. The number of amides is 1. The number of aromatic nitrogens is 2. The zero-order chi connectivity index (χ0) is 27.6. The Kier molecular flexibility index (Phi) is 7.50. The molecule has 2 aliphatic rings. The van der Waals surface area contributed by atoms with Crippen LogP contribution in [0.15, 0.2) is 59.6 Å². The van der Waals surface area contributed by atoms with Crippen LogP contribution in [-0.2, 0) is 10.0 Å². The minimum atomic E-state index is -3.81. The predicted molar refractivity (Wildman–Crippen MR) is 148 cm³/mol. The number of rotatable bonds is 5. The molecule has 0 saturated carbocycles. The molecule has 0 radical (unpaired) electrons. The van der Waals surface area contributed by atoms with E-state index in [9.17, 15) is 18.5 Å². The molecule has 5 rings (SSSR count). The molecule has 2 saturated heterocycles. The molecule has 10 nitrogen and oxygen atoms in total. The summed E-state index contributed by atoms with van der Waals surface area (Å²) >= 11 is 0. The second kappa shape index (κ2) is 11.0. The van der Waals surface area contributed by atoms with Crippen molar-refractivity contribution >= 4 is 27.4 Å². The minimum absolute atomic E-state index is 0.166. The molecule has 3 aromatic rings. The predicted octanol–water partition coefficient (Wildman–Crippen LogP) is 2.44. The maximum Gasteiger partial charge on any atom is 0.254 e. The maximum absolute atomic E-state index is 13.7. The van der Waals surface area contributed by atoms with Gasteiger partial charge < -0.3 is 14.7 Å². The van der Waals surface area contributed by atoms with Gasteiger partial charge in [0.25, 0.3) is 5.91 Å². The summed E-state index contributed by atoms with van der Waals surface area (Å²) in [5.74, 6) is 0.612. The number of hydrogen-bond donors (Lipinski definition) is 0. The van der Waals surface area contributed by atoms with Crippen LogP contribution in [0.4, 0.5) is 11.5 Å². The van der Waals surface area contributed by atoms with E-state index in [0.29, 0.717) is 69.0 Å². The fourth-order valence-electron chi connectivity index (χ4n) is 5.26. The van der Waals surface area contributed by atoms with Gasteiger partial charge in [-0.2, -0.15) is 14.7 Å². The van der Waals surface area contributed by atoms with Crippen LogP contribution in [0.3, 0.4) is 0 Å². The SMILES string of the molecule is Cc1cc(C)c(S(=O)(=O)N2CCN(c3ccccc3C#N)CC2)cc1C(=O)N1CCN(c2cccnn2)CC1. The van der Waals surface area contributed by atoms with Crippen LogP contribution in [-0.4, -0.2) is 86.1 Å². The highest BCUT2D eigenvalue weighted by Crippen LogP contribution is 2.28. The van der Waals surface area contributed by atoms with Crippen LogP contribution < -0.4 is 9.80 Å². The Morgan fingerprint density at radius 3 is 2.23 bits per heavy atom. The van der Waals surface area contributed by atoms with E-state index < -0.39 is 10.0 Å². The Morgan fingerprint density at radius 1 is 0.872 bits per heavy atom. The summed E-state index contributed by atoms with van der Waals surface area (Å²) in [4.78, 5) is 19.6. The van der Waals surface area contributed by atoms with E-state index in [0.717, 1.165) is 17.1 Å². The highest BCUT2D eigenvalue weighted by Gasteiger charge is 2.32. The van der Waals surface area contributed by atoms with Crippen LogP contribution in [0, 0.1) is 25.2 Å². The third-order valence-electron chi connectivity index (χ3n) is 7.42. The lowest BCUT2D eigenvalue weighted by Crippen LogP contribution is -2.49. The maximum atomic E-state index is 13.7. The number of nitrogens with zero attached hydrogens (tertiary/aromatic N) is 7. The molecule has 0 atom stereocenters. The fraction of sp³-hybridized carbons (Fsp3) is 0.357. The lowest BCUT2D eigenvalue weighted by atomic mass is 10.0. The standard InChI is InChI=1S/C28H31N7O3S/c1-21-18-22(2)26(19-24(21)28(36)34-12-10-33(11-13-34)27-8-5-9-30-31-27)39(37,38)35-16-14-32(15-17-35)25-7-4-3-6-23(25)20-29/h3-9,18-19H,10-17H2,1-2H3. The highest BCUT2D eigenvalue weighted by atomic mass is 32.2. The van der Waals surface area contributed by atoms with Gasteiger partial charge in [-0.3, -0.25) is 4.79 Å². The van der Waals surface area contributed by atoms with Crippen LogP contribution in [0.25, 0.3) is 0 Å². The third kappa shape index (κ3) is 5.30. The van der Waals surface area contributed by atoms with Crippen molar-refractivity contribution < 1.29 is 13.2 Å². The average Bonchev–Trinajstić information content (AvgIpc) is 2.97. The van der Waals surface area contributed by atoms with Crippen molar-refractivity contribution in [2.45, 2.75) is 18.7 Å². The number of carbonyl (C=O) groups excluding carboxylic acids is 1. The molecule has 0 aliphatic carbocycles. The van der Waals surface area contributed by atoms with Crippen LogP contribution in [0.1, 0.15) is 27.0 Å². The Labute approximate surface area is 229 Å². The molecule has 0 spiro atoms. The van der Waals surface area contributed by atoms with E-state index in [1.54, 1.807) is 36.2 Å². The lowest BCUT2D eigenvalue weighted by Gasteiger charge is -2.36. The van der Waals surface area contributed by atoms with Crippen molar-refractivity contribution in [3.63, 3.8) is 0 Å². The van der Waals surface area contributed by atoms with Gasteiger partial charge in [-0.1, -0.05) is 18.2 Å². The third-order valence-corrected chi connectivity index (χ3v) is 9.46. The van der Waals surface area contributed by atoms with Crippen molar-refractivity contribution in [2.75, 3.05) is 62.2 Å². The van der Waals surface area contributed by atoms with Crippen LogP contribution in [0.2, 0.25) is 0 Å².